The maximum Gasteiger partial charge on any atom is 0.224 e. The molecule has 0 aliphatic carbocycles. The fourth-order valence-corrected chi connectivity index (χ4v) is 3.05. The second-order valence-corrected chi connectivity index (χ2v) is 6.77. The molecular formula is C19H27FN6. The number of benzene rings is 1. The predicted octanol–water partition coefficient (Wildman–Crippen LogP) is 2.31. The van der Waals surface area contributed by atoms with Gasteiger partial charge in [-0.15, -0.1) is 0 Å². The van der Waals surface area contributed by atoms with E-state index in [1.165, 1.54) is 12.1 Å². The summed E-state index contributed by atoms with van der Waals surface area (Å²) in [5, 5.41) is 3.30. The molecule has 0 unspecified atom stereocenters. The minimum Gasteiger partial charge on any atom is -0.368 e. The van der Waals surface area contributed by atoms with Crippen LogP contribution in [0.4, 0.5) is 21.8 Å². The highest BCUT2D eigenvalue weighted by atomic mass is 19.1. The van der Waals surface area contributed by atoms with Crippen LogP contribution in [0.1, 0.15) is 6.42 Å². The van der Waals surface area contributed by atoms with Gasteiger partial charge in [-0.1, -0.05) is 0 Å². The van der Waals surface area contributed by atoms with Crippen LogP contribution in [0.2, 0.25) is 0 Å². The van der Waals surface area contributed by atoms with Gasteiger partial charge in [-0.2, -0.15) is 4.98 Å². The Morgan fingerprint density at radius 2 is 1.73 bits per heavy atom. The normalized spacial score (nSPS) is 14.8. The molecule has 0 bridgehead atoms. The van der Waals surface area contributed by atoms with Crippen LogP contribution in [0.3, 0.4) is 0 Å². The molecule has 0 saturated carbocycles. The standard InChI is InChI=1S/C19H27FN6/c1-24(2)11-3-9-21-19-22-10-8-18(23-19)26-14-12-25(13-15-26)17-6-4-16(20)5-7-17/h4-8,10H,3,9,11-15H2,1-2H3,(H,21,22,23). The first-order valence-corrected chi connectivity index (χ1v) is 9.09. The number of hydrogen-bond acceptors (Lipinski definition) is 6. The summed E-state index contributed by atoms with van der Waals surface area (Å²) in [4.78, 5) is 15.7. The Bertz CT molecular complexity index is 683. The number of nitrogens with zero attached hydrogens (tertiary/aromatic N) is 5. The van der Waals surface area contributed by atoms with Crippen LogP contribution >= 0.6 is 0 Å². The van der Waals surface area contributed by atoms with Gasteiger partial charge in [0.2, 0.25) is 5.95 Å². The van der Waals surface area contributed by atoms with Gasteiger partial charge in [0, 0.05) is 44.6 Å². The first-order valence-electron chi connectivity index (χ1n) is 9.09. The van der Waals surface area contributed by atoms with Crippen LogP contribution in [0.15, 0.2) is 36.5 Å². The molecule has 0 amide bonds. The van der Waals surface area contributed by atoms with E-state index in [1.54, 1.807) is 0 Å². The molecule has 0 spiro atoms. The van der Waals surface area contributed by atoms with Crippen molar-refractivity contribution in [2.75, 3.05) is 68.5 Å². The smallest absolute Gasteiger partial charge is 0.224 e. The van der Waals surface area contributed by atoms with Crippen LogP contribution in [0, 0.1) is 5.82 Å². The summed E-state index contributed by atoms with van der Waals surface area (Å²) in [5.74, 6) is 1.44. The number of hydrogen-bond donors (Lipinski definition) is 1. The van der Waals surface area contributed by atoms with Gasteiger partial charge in [0.1, 0.15) is 11.6 Å². The van der Waals surface area contributed by atoms with Gasteiger partial charge in [0.25, 0.3) is 0 Å². The minimum absolute atomic E-state index is 0.195. The Morgan fingerprint density at radius 3 is 2.42 bits per heavy atom. The lowest BCUT2D eigenvalue weighted by molar-refractivity contribution is 0.405. The van der Waals surface area contributed by atoms with Gasteiger partial charge in [0.05, 0.1) is 0 Å². The molecule has 2 heterocycles. The average molecular weight is 358 g/mol. The van der Waals surface area contributed by atoms with Gasteiger partial charge in [-0.05, 0) is 57.4 Å². The fourth-order valence-electron chi connectivity index (χ4n) is 3.05. The van der Waals surface area contributed by atoms with Gasteiger partial charge in [0.15, 0.2) is 0 Å². The number of anilines is 3. The number of nitrogens with one attached hydrogen (secondary N) is 1. The Balaban J connectivity index is 1.52. The quantitative estimate of drug-likeness (QED) is 0.767. The first-order chi connectivity index (χ1) is 12.6. The van der Waals surface area contributed by atoms with Gasteiger partial charge < -0.3 is 20.0 Å². The zero-order valence-corrected chi connectivity index (χ0v) is 15.5. The van der Waals surface area contributed by atoms with E-state index in [9.17, 15) is 4.39 Å². The Labute approximate surface area is 154 Å². The lowest BCUT2D eigenvalue weighted by atomic mass is 10.2. The lowest BCUT2D eigenvalue weighted by Crippen LogP contribution is -2.46. The van der Waals surface area contributed by atoms with E-state index in [0.29, 0.717) is 5.95 Å². The molecular weight excluding hydrogens is 331 g/mol. The molecule has 1 N–H and O–H groups in total. The van der Waals surface area contributed by atoms with Crippen LogP contribution in [-0.4, -0.2) is 68.2 Å². The van der Waals surface area contributed by atoms with E-state index in [4.69, 9.17) is 0 Å². The molecule has 1 fully saturated rings. The van der Waals surface area contributed by atoms with E-state index in [0.717, 1.165) is 57.2 Å². The molecule has 1 saturated heterocycles. The molecule has 2 aromatic rings. The number of halogens is 1. The van der Waals surface area contributed by atoms with E-state index < -0.39 is 0 Å². The maximum atomic E-state index is 13.1. The molecule has 3 rings (SSSR count). The number of rotatable bonds is 7. The summed E-state index contributed by atoms with van der Waals surface area (Å²) in [6.07, 6.45) is 2.86. The topological polar surface area (TPSA) is 47.5 Å². The third-order valence-electron chi connectivity index (χ3n) is 4.50. The van der Waals surface area contributed by atoms with E-state index >= 15 is 0 Å². The SMILES string of the molecule is CN(C)CCCNc1nccc(N2CCN(c3ccc(F)cc3)CC2)n1. The van der Waals surface area contributed by atoms with Crippen LogP contribution < -0.4 is 15.1 Å². The summed E-state index contributed by atoms with van der Waals surface area (Å²) < 4.78 is 13.1. The van der Waals surface area contributed by atoms with E-state index in [2.05, 4.69) is 44.1 Å². The number of piperazine rings is 1. The molecule has 1 aromatic carbocycles. The van der Waals surface area contributed by atoms with E-state index in [-0.39, 0.29) is 5.82 Å². The third-order valence-corrected chi connectivity index (χ3v) is 4.50. The fraction of sp³-hybridized carbons (Fsp3) is 0.474. The molecule has 0 atom stereocenters. The lowest BCUT2D eigenvalue weighted by Gasteiger charge is -2.36. The summed E-state index contributed by atoms with van der Waals surface area (Å²) in [5.41, 5.74) is 1.07. The zero-order chi connectivity index (χ0) is 18.4. The van der Waals surface area contributed by atoms with Crippen molar-refractivity contribution >= 4 is 17.5 Å². The number of aromatic nitrogens is 2. The highest BCUT2D eigenvalue weighted by Gasteiger charge is 2.18. The first kappa shape index (κ1) is 18.4. The van der Waals surface area contributed by atoms with Crippen LogP contribution in [0.5, 0.6) is 0 Å². The molecule has 7 heteroatoms. The van der Waals surface area contributed by atoms with Crippen molar-refractivity contribution in [2.45, 2.75) is 6.42 Å². The second-order valence-electron chi connectivity index (χ2n) is 6.77. The highest BCUT2D eigenvalue weighted by molar-refractivity contribution is 5.50. The average Bonchev–Trinajstić information content (AvgIpc) is 2.66. The van der Waals surface area contributed by atoms with Crippen molar-refractivity contribution in [1.29, 1.82) is 0 Å². The minimum atomic E-state index is -0.195. The zero-order valence-electron chi connectivity index (χ0n) is 15.5. The molecule has 1 aliphatic rings. The Morgan fingerprint density at radius 1 is 1.04 bits per heavy atom. The Hall–Kier alpha value is -2.41. The molecule has 1 aliphatic heterocycles. The summed E-state index contributed by atoms with van der Waals surface area (Å²) in [6, 6.07) is 8.66. The molecule has 1 aromatic heterocycles. The summed E-state index contributed by atoms with van der Waals surface area (Å²) in [7, 11) is 4.14. The second kappa shape index (κ2) is 8.80. The van der Waals surface area contributed by atoms with Crippen molar-refractivity contribution in [1.82, 2.24) is 14.9 Å². The monoisotopic (exact) mass is 358 g/mol. The van der Waals surface area contributed by atoms with Crippen molar-refractivity contribution in [3.8, 4) is 0 Å². The molecule has 140 valence electrons. The molecule has 0 radical (unpaired) electrons. The maximum absolute atomic E-state index is 13.1. The summed E-state index contributed by atoms with van der Waals surface area (Å²) in [6.45, 7) is 5.45. The van der Waals surface area contributed by atoms with Gasteiger partial charge >= 0.3 is 0 Å². The predicted molar refractivity (Wildman–Crippen MR) is 105 cm³/mol. The van der Waals surface area contributed by atoms with Crippen LogP contribution in [-0.2, 0) is 0 Å². The largest absolute Gasteiger partial charge is 0.368 e. The van der Waals surface area contributed by atoms with Crippen LogP contribution in [0.25, 0.3) is 0 Å². The highest BCUT2D eigenvalue weighted by Crippen LogP contribution is 2.20. The third kappa shape index (κ3) is 5.05. The van der Waals surface area contributed by atoms with Crippen molar-refractivity contribution in [3.05, 3.63) is 42.3 Å². The van der Waals surface area contributed by atoms with Gasteiger partial charge in [-0.25, -0.2) is 9.37 Å². The molecule has 26 heavy (non-hydrogen) atoms. The molecule has 6 nitrogen and oxygen atoms in total. The Kier molecular flexibility index (Phi) is 6.22. The van der Waals surface area contributed by atoms with Crippen molar-refractivity contribution in [2.24, 2.45) is 0 Å². The van der Waals surface area contributed by atoms with Crippen molar-refractivity contribution < 1.29 is 4.39 Å². The summed E-state index contributed by atoms with van der Waals surface area (Å²) >= 11 is 0. The van der Waals surface area contributed by atoms with E-state index in [1.807, 2.05) is 24.4 Å². The van der Waals surface area contributed by atoms with Crippen molar-refractivity contribution in [3.63, 3.8) is 0 Å². The van der Waals surface area contributed by atoms with Gasteiger partial charge in [-0.3, -0.25) is 0 Å².